The number of hydrogen-bond donors (Lipinski definition) is 1. The maximum Gasteiger partial charge on any atom is 0.254 e. The van der Waals surface area contributed by atoms with Crippen LogP contribution >= 0.6 is 0 Å². The van der Waals surface area contributed by atoms with Gasteiger partial charge in [0.05, 0.1) is 6.04 Å². The first-order valence-corrected chi connectivity index (χ1v) is 5.58. The third kappa shape index (κ3) is 3.56. The Balaban J connectivity index is 2.67. The van der Waals surface area contributed by atoms with Crippen molar-refractivity contribution in [3.63, 3.8) is 0 Å². The van der Waals surface area contributed by atoms with Gasteiger partial charge < -0.3 is 5.32 Å². The van der Waals surface area contributed by atoms with Crippen LogP contribution in [0.4, 0.5) is 8.78 Å². The van der Waals surface area contributed by atoms with Crippen molar-refractivity contribution < 1.29 is 8.78 Å². The van der Waals surface area contributed by atoms with E-state index in [4.69, 9.17) is 0 Å². The SMILES string of the molecule is CNC(Cc1ccc(C(C)C)cc1)C(F)F. The summed E-state index contributed by atoms with van der Waals surface area (Å²) in [4.78, 5) is 0. The van der Waals surface area contributed by atoms with Gasteiger partial charge in [-0.2, -0.15) is 0 Å². The standard InChI is InChI=1S/C13H19F2N/c1-9(2)11-6-4-10(5-7-11)8-12(16-3)13(14)15/h4-7,9,12-13,16H,8H2,1-3H3. The number of nitrogens with one attached hydrogen (secondary N) is 1. The lowest BCUT2D eigenvalue weighted by atomic mass is 9.99. The highest BCUT2D eigenvalue weighted by Gasteiger charge is 2.18. The first-order valence-electron chi connectivity index (χ1n) is 5.58. The second-order valence-corrected chi connectivity index (χ2v) is 4.33. The summed E-state index contributed by atoms with van der Waals surface area (Å²) in [5, 5.41) is 2.64. The summed E-state index contributed by atoms with van der Waals surface area (Å²) in [5.41, 5.74) is 2.19. The lowest BCUT2D eigenvalue weighted by molar-refractivity contribution is 0.102. The second-order valence-electron chi connectivity index (χ2n) is 4.33. The molecule has 0 aromatic heterocycles. The van der Waals surface area contributed by atoms with Crippen molar-refractivity contribution in [1.29, 1.82) is 0 Å². The molecule has 1 atom stereocenters. The van der Waals surface area contributed by atoms with Crippen LogP contribution in [0.15, 0.2) is 24.3 Å². The number of alkyl halides is 2. The molecule has 1 aromatic rings. The van der Waals surface area contributed by atoms with E-state index in [9.17, 15) is 8.78 Å². The van der Waals surface area contributed by atoms with E-state index in [0.29, 0.717) is 12.3 Å². The molecular weight excluding hydrogens is 208 g/mol. The fourth-order valence-corrected chi connectivity index (χ4v) is 1.61. The smallest absolute Gasteiger partial charge is 0.254 e. The summed E-state index contributed by atoms with van der Waals surface area (Å²) in [5.74, 6) is 0.476. The molecule has 0 heterocycles. The normalized spacial score (nSPS) is 13.4. The molecule has 16 heavy (non-hydrogen) atoms. The zero-order valence-electron chi connectivity index (χ0n) is 10.0. The molecule has 0 aliphatic heterocycles. The summed E-state index contributed by atoms with van der Waals surface area (Å²) >= 11 is 0. The van der Waals surface area contributed by atoms with E-state index in [0.717, 1.165) is 5.56 Å². The lowest BCUT2D eigenvalue weighted by Crippen LogP contribution is -2.34. The summed E-state index contributed by atoms with van der Waals surface area (Å²) in [6.07, 6.45) is -1.96. The third-order valence-corrected chi connectivity index (χ3v) is 2.78. The number of halogens is 2. The number of rotatable bonds is 5. The van der Waals surface area contributed by atoms with Gasteiger partial charge >= 0.3 is 0 Å². The minimum absolute atomic E-state index is 0.368. The van der Waals surface area contributed by atoms with Crippen molar-refractivity contribution >= 4 is 0 Å². The Morgan fingerprint density at radius 2 is 1.69 bits per heavy atom. The highest BCUT2D eigenvalue weighted by atomic mass is 19.3. The number of likely N-dealkylation sites (N-methyl/N-ethyl adjacent to an activating group) is 1. The Kier molecular flexibility index (Phi) is 4.87. The van der Waals surface area contributed by atoms with Crippen molar-refractivity contribution in [2.75, 3.05) is 7.05 Å². The molecule has 1 unspecified atom stereocenters. The van der Waals surface area contributed by atoms with Gasteiger partial charge in [-0.3, -0.25) is 0 Å². The monoisotopic (exact) mass is 227 g/mol. The predicted octanol–water partition coefficient (Wildman–Crippen LogP) is 3.21. The zero-order chi connectivity index (χ0) is 12.1. The Bertz CT molecular complexity index is 306. The van der Waals surface area contributed by atoms with Crippen molar-refractivity contribution in [2.24, 2.45) is 0 Å². The molecule has 3 heteroatoms. The van der Waals surface area contributed by atoms with Crippen LogP contribution in [0.25, 0.3) is 0 Å². The van der Waals surface area contributed by atoms with Crippen LogP contribution in [-0.4, -0.2) is 19.5 Å². The molecule has 0 spiro atoms. The molecule has 0 aliphatic carbocycles. The van der Waals surface area contributed by atoms with Crippen molar-refractivity contribution in [3.05, 3.63) is 35.4 Å². The van der Waals surface area contributed by atoms with Crippen molar-refractivity contribution in [3.8, 4) is 0 Å². The summed E-state index contributed by atoms with van der Waals surface area (Å²) in [6.45, 7) is 4.23. The Hall–Kier alpha value is -0.960. The average molecular weight is 227 g/mol. The van der Waals surface area contributed by atoms with E-state index in [1.807, 2.05) is 24.3 Å². The van der Waals surface area contributed by atoms with Crippen LogP contribution in [0.2, 0.25) is 0 Å². The maximum absolute atomic E-state index is 12.5. The molecule has 0 fully saturated rings. The van der Waals surface area contributed by atoms with Crippen molar-refractivity contribution in [2.45, 2.75) is 38.7 Å². The molecular formula is C13H19F2N. The van der Waals surface area contributed by atoms with E-state index in [2.05, 4.69) is 19.2 Å². The molecule has 0 amide bonds. The minimum atomic E-state index is -2.32. The fraction of sp³-hybridized carbons (Fsp3) is 0.538. The van der Waals surface area contributed by atoms with Gasteiger partial charge in [-0.05, 0) is 30.5 Å². The lowest BCUT2D eigenvalue weighted by Gasteiger charge is -2.15. The number of benzene rings is 1. The molecule has 0 bridgehead atoms. The van der Waals surface area contributed by atoms with Gasteiger partial charge in [-0.25, -0.2) is 8.78 Å². The molecule has 0 saturated heterocycles. The average Bonchev–Trinajstić information content (AvgIpc) is 2.26. The van der Waals surface area contributed by atoms with Crippen LogP contribution in [0.3, 0.4) is 0 Å². The zero-order valence-corrected chi connectivity index (χ0v) is 10.0. The van der Waals surface area contributed by atoms with Crippen molar-refractivity contribution in [1.82, 2.24) is 5.32 Å². The largest absolute Gasteiger partial charge is 0.312 e. The first kappa shape index (κ1) is 13.1. The topological polar surface area (TPSA) is 12.0 Å². The molecule has 1 N–H and O–H groups in total. The molecule has 0 aliphatic rings. The van der Waals surface area contributed by atoms with E-state index < -0.39 is 12.5 Å². The second kappa shape index (κ2) is 5.94. The molecule has 0 saturated carbocycles. The summed E-state index contributed by atoms with van der Waals surface area (Å²) in [6, 6.07) is 7.13. The van der Waals surface area contributed by atoms with E-state index >= 15 is 0 Å². The van der Waals surface area contributed by atoms with Gasteiger partial charge in [0.15, 0.2) is 0 Å². The highest BCUT2D eigenvalue weighted by Crippen LogP contribution is 2.16. The maximum atomic E-state index is 12.5. The predicted molar refractivity (Wildman–Crippen MR) is 63.1 cm³/mol. The summed E-state index contributed by atoms with van der Waals surface area (Å²) in [7, 11) is 1.57. The molecule has 0 radical (unpaired) electrons. The fourth-order valence-electron chi connectivity index (χ4n) is 1.61. The quantitative estimate of drug-likeness (QED) is 0.814. The number of hydrogen-bond acceptors (Lipinski definition) is 1. The van der Waals surface area contributed by atoms with Gasteiger partial charge in [-0.1, -0.05) is 38.1 Å². The van der Waals surface area contributed by atoms with E-state index in [-0.39, 0.29) is 0 Å². The van der Waals surface area contributed by atoms with E-state index in [1.165, 1.54) is 5.56 Å². The van der Waals surface area contributed by atoms with Crippen LogP contribution in [0, 0.1) is 0 Å². The van der Waals surface area contributed by atoms with Gasteiger partial charge in [0.2, 0.25) is 0 Å². The van der Waals surface area contributed by atoms with Crippen LogP contribution in [0.1, 0.15) is 30.9 Å². The van der Waals surface area contributed by atoms with E-state index in [1.54, 1.807) is 7.05 Å². The van der Waals surface area contributed by atoms with Crippen LogP contribution < -0.4 is 5.32 Å². The van der Waals surface area contributed by atoms with Crippen LogP contribution in [0.5, 0.6) is 0 Å². The first-order chi connectivity index (χ1) is 7.54. The molecule has 1 aromatic carbocycles. The van der Waals surface area contributed by atoms with Gasteiger partial charge in [0.25, 0.3) is 6.43 Å². The van der Waals surface area contributed by atoms with Crippen LogP contribution in [-0.2, 0) is 6.42 Å². The molecule has 1 rings (SSSR count). The third-order valence-electron chi connectivity index (χ3n) is 2.78. The molecule has 1 nitrogen and oxygen atoms in total. The summed E-state index contributed by atoms with van der Waals surface area (Å²) < 4.78 is 25.1. The van der Waals surface area contributed by atoms with Gasteiger partial charge in [0.1, 0.15) is 0 Å². The Labute approximate surface area is 95.9 Å². The Morgan fingerprint density at radius 1 is 1.12 bits per heavy atom. The van der Waals surface area contributed by atoms with Gasteiger partial charge in [-0.15, -0.1) is 0 Å². The molecule has 90 valence electrons. The van der Waals surface area contributed by atoms with Gasteiger partial charge in [0, 0.05) is 0 Å². The Morgan fingerprint density at radius 3 is 2.06 bits per heavy atom. The minimum Gasteiger partial charge on any atom is -0.312 e. The highest BCUT2D eigenvalue weighted by molar-refractivity contribution is 5.25.